The number of benzene rings is 3. The fraction of sp³-hybridized carbons (Fsp3) is 0.308. The number of allylic oxidation sites excluding steroid dienone is 1. The van der Waals surface area contributed by atoms with E-state index in [9.17, 15) is 37.1 Å². The van der Waals surface area contributed by atoms with Gasteiger partial charge in [0.05, 0.1) is 35.0 Å². The van der Waals surface area contributed by atoms with Crippen molar-refractivity contribution in [1.82, 2.24) is 39.4 Å². The van der Waals surface area contributed by atoms with Crippen LogP contribution in [0.15, 0.2) is 80.3 Å². The first-order chi connectivity index (χ1) is 28.7. The predicted molar refractivity (Wildman–Crippen MR) is 212 cm³/mol. The van der Waals surface area contributed by atoms with E-state index in [1.54, 1.807) is 36.1 Å². The number of aryl methyl sites for hydroxylation is 1. The molecular weight excluding hydrogens is 809 g/mol. The van der Waals surface area contributed by atoms with Crippen LogP contribution in [0, 0.1) is 23.0 Å². The number of fused-ring (bicyclic) bond motifs is 2. The summed E-state index contributed by atoms with van der Waals surface area (Å²) in [5, 5.41) is 17.4. The lowest BCUT2D eigenvalue weighted by Crippen LogP contribution is -2.52. The molecule has 2 atom stereocenters. The number of anilines is 1. The van der Waals surface area contributed by atoms with Gasteiger partial charge < -0.3 is 15.5 Å². The van der Waals surface area contributed by atoms with Crippen molar-refractivity contribution in [2.75, 3.05) is 11.9 Å². The molecular formula is C39H38ClF3N12O5. The van der Waals surface area contributed by atoms with E-state index in [-0.39, 0.29) is 65.8 Å². The molecule has 0 bridgehead atoms. The van der Waals surface area contributed by atoms with Gasteiger partial charge in [0.1, 0.15) is 11.9 Å². The van der Waals surface area contributed by atoms with E-state index in [2.05, 4.69) is 36.1 Å². The van der Waals surface area contributed by atoms with Crippen LogP contribution in [0.3, 0.4) is 0 Å². The highest BCUT2D eigenvalue weighted by Gasteiger charge is 2.40. The quantitative estimate of drug-likeness (QED) is 0.0622. The van der Waals surface area contributed by atoms with Gasteiger partial charge in [-0.25, -0.2) is 37.9 Å². The molecule has 0 saturated carbocycles. The van der Waals surface area contributed by atoms with Crippen molar-refractivity contribution >= 4 is 51.6 Å². The highest BCUT2D eigenvalue weighted by molar-refractivity contribution is 6.33. The van der Waals surface area contributed by atoms with E-state index in [1.807, 2.05) is 13.0 Å². The Morgan fingerprint density at radius 2 is 1.87 bits per heavy atom. The van der Waals surface area contributed by atoms with E-state index in [1.165, 1.54) is 17.2 Å². The molecule has 0 radical (unpaired) electrons. The Morgan fingerprint density at radius 3 is 2.62 bits per heavy atom. The number of hydrogen-bond acceptors (Lipinski definition) is 11. The molecule has 21 heteroatoms. The lowest BCUT2D eigenvalue weighted by molar-refractivity contribution is -0.136. The van der Waals surface area contributed by atoms with E-state index >= 15 is 0 Å². The Morgan fingerprint density at radius 1 is 1.08 bits per heavy atom. The van der Waals surface area contributed by atoms with Crippen LogP contribution in [0.2, 0.25) is 5.02 Å². The molecule has 5 N–H and O–H groups in total. The van der Waals surface area contributed by atoms with Crippen molar-refractivity contribution in [3.63, 3.8) is 0 Å². The third-order valence-electron chi connectivity index (χ3n) is 10.2. The summed E-state index contributed by atoms with van der Waals surface area (Å²) in [6, 6.07) is 8.26. The van der Waals surface area contributed by atoms with Gasteiger partial charge >= 0.3 is 11.4 Å². The maximum Gasteiger partial charge on any atom is 0.335 e. The fourth-order valence-corrected chi connectivity index (χ4v) is 7.45. The summed E-state index contributed by atoms with van der Waals surface area (Å²) in [6.45, 7) is 1.19. The minimum absolute atomic E-state index is 0.0655. The van der Waals surface area contributed by atoms with Crippen LogP contribution in [-0.2, 0) is 36.3 Å². The highest BCUT2D eigenvalue weighted by atomic mass is 35.5. The van der Waals surface area contributed by atoms with E-state index in [4.69, 9.17) is 17.1 Å². The van der Waals surface area contributed by atoms with E-state index in [0.717, 1.165) is 11.0 Å². The Kier molecular flexibility index (Phi) is 11.8. The number of carbonyl (C=O) groups is 3. The number of nitrogens with one attached hydrogen (secondary N) is 5. The molecule has 17 nitrogen and oxygen atoms in total. The molecule has 3 amide bonds. The first-order valence-electron chi connectivity index (χ1n) is 18.8. The minimum Gasteiger partial charge on any atom is -0.387 e. The largest absolute Gasteiger partial charge is 0.387 e. The first kappa shape index (κ1) is 41.3. The number of halogens is 4. The second-order valence-electron chi connectivity index (χ2n) is 14.4. The monoisotopic (exact) mass is 846 g/mol. The average Bonchev–Trinajstić information content (AvgIpc) is 3.73. The second kappa shape index (κ2) is 17.2. The zero-order valence-corrected chi connectivity index (χ0v) is 32.9. The molecule has 5 aromatic rings. The Bertz CT molecular complexity index is 2800. The van der Waals surface area contributed by atoms with Crippen molar-refractivity contribution in [2.24, 2.45) is 17.2 Å². The molecule has 2 aromatic heterocycles. The van der Waals surface area contributed by atoms with Crippen molar-refractivity contribution in [3.05, 3.63) is 126 Å². The number of H-pyrrole nitrogens is 1. The third-order valence-corrected chi connectivity index (χ3v) is 10.5. The van der Waals surface area contributed by atoms with Gasteiger partial charge in [0, 0.05) is 78.8 Å². The number of amides is 3. The zero-order valence-electron chi connectivity index (χ0n) is 32.2. The maximum atomic E-state index is 14.9. The summed E-state index contributed by atoms with van der Waals surface area (Å²) in [7, 11) is 1.70. The van der Waals surface area contributed by atoms with Crippen LogP contribution in [0.4, 0.5) is 24.5 Å². The summed E-state index contributed by atoms with van der Waals surface area (Å²) in [6.07, 6.45) is 4.83. The van der Waals surface area contributed by atoms with Crippen molar-refractivity contribution in [2.45, 2.75) is 64.3 Å². The second-order valence-corrected chi connectivity index (χ2v) is 14.8. The molecule has 0 aliphatic carbocycles. The molecule has 7 rings (SSSR count). The van der Waals surface area contributed by atoms with Crippen LogP contribution in [0.25, 0.3) is 10.9 Å². The third kappa shape index (κ3) is 8.49. The molecule has 2 aliphatic rings. The summed E-state index contributed by atoms with van der Waals surface area (Å²) in [5.41, 5.74) is 7.43. The number of aromatic amines is 1. The van der Waals surface area contributed by atoms with Crippen LogP contribution < -0.4 is 32.9 Å². The number of nitrogens with zero attached hydrogens (tertiary/aromatic N) is 7. The van der Waals surface area contributed by atoms with Crippen molar-refractivity contribution in [1.29, 1.82) is 5.53 Å². The lowest BCUT2D eigenvalue weighted by Gasteiger charge is -2.29. The molecule has 4 heterocycles. The highest BCUT2D eigenvalue weighted by Crippen LogP contribution is 2.33. The minimum atomic E-state index is -1.43. The molecule has 1 fully saturated rings. The number of imide groups is 1. The molecule has 2 aliphatic heterocycles. The van der Waals surface area contributed by atoms with Gasteiger partial charge in [-0.3, -0.25) is 33.9 Å². The fourth-order valence-electron chi connectivity index (χ4n) is 7.25. The Balaban J connectivity index is 1.14. The van der Waals surface area contributed by atoms with Gasteiger partial charge in [-0.05, 0) is 43.2 Å². The smallest absolute Gasteiger partial charge is 0.335 e. The van der Waals surface area contributed by atoms with E-state index < -0.39 is 59.4 Å². The van der Waals surface area contributed by atoms with Crippen LogP contribution in [0.1, 0.15) is 54.1 Å². The standard InChI is InChI=1S/C39H38ClF3N12O5/c1-3-5-22(46-30-7-4-6-24-25(30)19-53(36(24)58)33-8-9-34(56)48-35(33)57)14-45-15-23(50-44)18-55-38(59)49-37(47-32-11-21-16-52(2)51-31(21)12-26(32)40)54(39(55)60)17-20-10-28(42)29(43)13-27(20)41/h4,6-7,10-13,15-16,22,33,44-46H,3,5,8-9,14,17-19H2,1-2H3,(H,47,49,59)(H,48,56,57)/b23-15-,50-44?. The van der Waals surface area contributed by atoms with Gasteiger partial charge in [0.2, 0.25) is 17.4 Å². The van der Waals surface area contributed by atoms with Crippen LogP contribution >= 0.6 is 11.6 Å². The maximum absolute atomic E-state index is 14.9. The summed E-state index contributed by atoms with van der Waals surface area (Å²) < 4.78 is 46.1. The summed E-state index contributed by atoms with van der Waals surface area (Å²) in [5.74, 6) is -5.15. The molecule has 0 spiro atoms. The van der Waals surface area contributed by atoms with Crippen molar-refractivity contribution in [3.8, 4) is 0 Å². The van der Waals surface area contributed by atoms with Gasteiger partial charge in [-0.1, -0.05) is 31.0 Å². The summed E-state index contributed by atoms with van der Waals surface area (Å²) >= 11 is 6.48. The van der Waals surface area contributed by atoms with Crippen molar-refractivity contribution < 1.29 is 27.6 Å². The normalized spacial score (nSPS) is 16.3. The number of aromatic nitrogens is 5. The molecule has 312 valence electrons. The predicted octanol–water partition coefficient (Wildman–Crippen LogP) is 4.08. The molecule has 3 aromatic carbocycles. The zero-order chi connectivity index (χ0) is 42.8. The van der Waals surface area contributed by atoms with Crippen LogP contribution in [-0.4, -0.2) is 65.1 Å². The molecule has 60 heavy (non-hydrogen) atoms. The van der Waals surface area contributed by atoms with Crippen LogP contribution in [0.5, 0.6) is 0 Å². The van der Waals surface area contributed by atoms with Gasteiger partial charge in [-0.15, -0.1) is 0 Å². The molecule has 2 unspecified atom stereocenters. The Hall–Kier alpha value is -6.83. The average molecular weight is 847 g/mol. The summed E-state index contributed by atoms with van der Waals surface area (Å²) in [4.78, 5) is 73.5. The number of rotatable bonds is 14. The SMILES string of the molecule is CCCC(CN/C=C(/Cn1c(=O)[nH]/c(=N\c2cc3cn(C)nc3cc2Cl)n(Cc2cc(F)c(F)cc2F)c1=O)N=N)Nc1cccc2c1CN(C1CCC(=O)NC1=O)C2=O. The first-order valence-corrected chi connectivity index (χ1v) is 19.2. The molecule has 1 saturated heterocycles. The Labute approximate surface area is 343 Å². The van der Waals surface area contributed by atoms with Gasteiger partial charge in [0.25, 0.3) is 5.91 Å². The van der Waals surface area contributed by atoms with E-state index in [0.29, 0.717) is 50.8 Å². The topological polar surface area (TPSA) is 217 Å². The number of piperidine rings is 1. The number of hydrogen-bond donors (Lipinski definition) is 5. The lowest BCUT2D eigenvalue weighted by atomic mass is 10.0. The van der Waals surface area contributed by atoms with Gasteiger partial charge in [0.15, 0.2) is 11.6 Å². The number of carbonyl (C=O) groups excluding carboxylic acids is 3. The van der Waals surface area contributed by atoms with Gasteiger partial charge in [-0.2, -0.15) is 10.2 Å².